The number of nitrogens with one attached hydrogen (secondary N) is 1. The van der Waals surface area contributed by atoms with Gasteiger partial charge in [-0.05, 0) is 19.4 Å². The van der Waals surface area contributed by atoms with E-state index in [1.54, 1.807) is 6.08 Å². The van der Waals surface area contributed by atoms with Crippen molar-refractivity contribution in [1.29, 1.82) is 0 Å². The summed E-state index contributed by atoms with van der Waals surface area (Å²) in [6.07, 6.45) is 1.65. The molecule has 1 aliphatic rings. The van der Waals surface area contributed by atoms with Crippen LogP contribution in [0.25, 0.3) is 0 Å². The predicted molar refractivity (Wildman–Crippen MR) is 84.0 cm³/mol. The highest BCUT2D eigenvalue weighted by atomic mass is 16.5. The van der Waals surface area contributed by atoms with Crippen LogP contribution in [0.15, 0.2) is 42.0 Å². The van der Waals surface area contributed by atoms with E-state index in [1.807, 2.05) is 32.0 Å². The van der Waals surface area contributed by atoms with Gasteiger partial charge in [0, 0.05) is 25.7 Å². The molecular formula is C17H24N2O2. The zero-order chi connectivity index (χ0) is 15.1. The van der Waals surface area contributed by atoms with Gasteiger partial charge in [0.1, 0.15) is 0 Å². The predicted octanol–water partition coefficient (Wildman–Crippen LogP) is 2.14. The summed E-state index contributed by atoms with van der Waals surface area (Å²) in [6.45, 7) is 8.05. The fraction of sp³-hybridized carbons (Fsp3) is 0.471. The molecule has 1 saturated heterocycles. The first-order valence-electron chi connectivity index (χ1n) is 7.45. The van der Waals surface area contributed by atoms with Crippen molar-refractivity contribution in [2.75, 3.05) is 32.8 Å². The van der Waals surface area contributed by atoms with Gasteiger partial charge in [-0.25, -0.2) is 0 Å². The zero-order valence-corrected chi connectivity index (χ0v) is 12.8. The van der Waals surface area contributed by atoms with Crippen LogP contribution in [0.4, 0.5) is 0 Å². The van der Waals surface area contributed by atoms with Crippen LogP contribution in [0.5, 0.6) is 0 Å². The van der Waals surface area contributed by atoms with Crippen molar-refractivity contribution >= 4 is 5.91 Å². The summed E-state index contributed by atoms with van der Waals surface area (Å²) in [6, 6.07) is 10.1. The van der Waals surface area contributed by atoms with E-state index >= 15 is 0 Å². The molecule has 1 atom stereocenters. The van der Waals surface area contributed by atoms with Crippen LogP contribution in [0.3, 0.4) is 0 Å². The summed E-state index contributed by atoms with van der Waals surface area (Å²) in [4.78, 5) is 14.4. The highest BCUT2D eigenvalue weighted by Gasteiger charge is 2.19. The third kappa shape index (κ3) is 5.33. The molecule has 1 heterocycles. The van der Waals surface area contributed by atoms with Gasteiger partial charge in [-0.2, -0.15) is 0 Å². The van der Waals surface area contributed by atoms with Crippen LogP contribution in [0, 0.1) is 0 Å². The van der Waals surface area contributed by atoms with Crippen LogP contribution >= 0.6 is 0 Å². The number of benzene rings is 1. The molecule has 0 bridgehead atoms. The maximum atomic E-state index is 12.0. The maximum absolute atomic E-state index is 12.0. The first kappa shape index (κ1) is 15.7. The lowest BCUT2D eigenvalue weighted by atomic mass is 10.1. The Morgan fingerprint density at radius 2 is 1.95 bits per heavy atom. The highest BCUT2D eigenvalue weighted by Crippen LogP contribution is 2.15. The second kappa shape index (κ2) is 7.96. The minimum atomic E-state index is -0.0305. The molecule has 0 radical (unpaired) electrons. The van der Waals surface area contributed by atoms with Gasteiger partial charge in [0.15, 0.2) is 0 Å². The van der Waals surface area contributed by atoms with E-state index in [1.165, 1.54) is 0 Å². The van der Waals surface area contributed by atoms with E-state index < -0.39 is 0 Å². The Balaban J connectivity index is 2.06. The van der Waals surface area contributed by atoms with Gasteiger partial charge in [0.2, 0.25) is 5.91 Å². The number of carbonyl (C=O) groups excluding carboxylic acids is 1. The van der Waals surface area contributed by atoms with E-state index in [0.717, 1.165) is 44.0 Å². The van der Waals surface area contributed by atoms with Gasteiger partial charge in [-0.15, -0.1) is 0 Å². The fourth-order valence-electron chi connectivity index (χ4n) is 2.44. The summed E-state index contributed by atoms with van der Waals surface area (Å²) in [7, 11) is 0. The molecule has 1 amide bonds. The third-order valence-corrected chi connectivity index (χ3v) is 3.48. The summed E-state index contributed by atoms with van der Waals surface area (Å²) in [5, 5.41) is 3.11. The number of ether oxygens (including phenoxy) is 1. The van der Waals surface area contributed by atoms with Gasteiger partial charge in [-0.3, -0.25) is 9.69 Å². The minimum absolute atomic E-state index is 0.00685. The van der Waals surface area contributed by atoms with Crippen LogP contribution in [-0.4, -0.2) is 43.7 Å². The van der Waals surface area contributed by atoms with E-state index in [9.17, 15) is 4.79 Å². The molecule has 2 rings (SSSR count). The van der Waals surface area contributed by atoms with Crippen molar-refractivity contribution in [2.24, 2.45) is 0 Å². The number of nitrogens with zero attached hydrogens (tertiary/aromatic N) is 1. The molecule has 21 heavy (non-hydrogen) atoms. The van der Waals surface area contributed by atoms with E-state index in [-0.39, 0.29) is 11.9 Å². The van der Waals surface area contributed by atoms with Gasteiger partial charge >= 0.3 is 0 Å². The monoisotopic (exact) mass is 288 g/mol. The number of carbonyl (C=O) groups is 1. The molecule has 1 aromatic rings. The largest absolute Gasteiger partial charge is 0.379 e. The average Bonchev–Trinajstić information content (AvgIpc) is 2.48. The first-order chi connectivity index (χ1) is 10.1. The number of rotatable bonds is 5. The third-order valence-electron chi connectivity index (χ3n) is 3.48. The van der Waals surface area contributed by atoms with Crippen molar-refractivity contribution in [1.82, 2.24) is 10.2 Å². The number of hydrogen-bond acceptors (Lipinski definition) is 3. The normalized spacial score (nSPS) is 17.0. The Hall–Kier alpha value is -1.65. The first-order valence-corrected chi connectivity index (χ1v) is 7.45. The average molecular weight is 288 g/mol. The van der Waals surface area contributed by atoms with Crippen LogP contribution in [0.1, 0.15) is 25.5 Å². The smallest absolute Gasteiger partial charge is 0.244 e. The summed E-state index contributed by atoms with van der Waals surface area (Å²) in [5.74, 6) is -0.0305. The Labute approximate surface area is 126 Å². The van der Waals surface area contributed by atoms with Crippen molar-refractivity contribution in [3.63, 3.8) is 0 Å². The molecule has 0 saturated carbocycles. The molecule has 1 N–H and O–H groups in total. The minimum Gasteiger partial charge on any atom is -0.379 e. The fourth-order valence-corrected chi connectivity index (χ4v) is 2.44. The number of amides is 1. The van der Waals surface area contributed by atoms with Crippen molar-refractivity contribution in [3.8, 4) is 0 Å². The highest BCUT2D eigenvalue weighted by molar-refractivity contribution is 5.88. The summed E-state index contributed by atoms with van der Waals surface area (Å²) in [5.41, 5.74) is 2.14. The number of hydrogen-bond donors (Lipinski definition) is 1. The molecule has 0 aliphatic carbocycles. The van der Waals surface area contributed by atoms with E-state index in [4.69, 9.17) is 4.74 Å². The van der Waals surface area contributed by atoms with Gasteiger partial charge in [0.25, 0.3) is 0 Å². The molecule has 1 aromatic carbocycles. The van der Waals surface area contributed by atoms with Gasteiger partial charge in [0.05, 0.1) is 19.3 Å². The quantitative estimate of drug-likeness (QED) is 0.844. The molecule has 0 aromatic heterocycles. The maximum Gasteiger partial charge on any atom is 0.244 e. The second-order valence-electron chi connectivity index (χ2n) is 5.61. The summed E-state index contributed by atoms with van der Waals surface area (Å²) < 4.78 is 5.38. The van der Waals surface area contributed by atoms with Gasteiger partial charge < -0.3 is 10.1 Å². The van der Waals surface area contributed by atoms with Crippen LogP contribution in [0.2, 0.25) is 0 Å². The summed E-state index contributed by atoms with van der Waals surface area (Å²) >= 11 is 0. The molecule has 4 heteroatoms. The lowest BCUT2D eigenvalue weighted by Gasteiger charge is -2.31. The molecule has 0 spiro atoms. The lowest BCUT2D eigenvalue weighted by Crippen LogP contribution is -2.42. The molecule has 1 fully saturated rings. The second-order valence-corrected chi connectivity index (χ2v) is 5.61. The van der Waals surface area contributed by atoms with Crippen molar-refractivity contribution in [3.05, 3.63) is 47.5 Å². The SMILES string of the molecule is CC(C)=CC(=O)NC(CN1CCOCC1)c1ccccc1. The molecule has 4 nitrogen and oxygen atoms in total. The van der Waals surface area contributed by atoms with Crippen LogP contribution in [-0.2, 0) is 9.53 Å². The Morgan fingerprint density at radius 1 is 1.29 bits per heavy atom. The van der Waals surface area contributed by atoms with Crippen molar-refractivity contribution < 1.29 is 9.53 Å². The lowest BCUT2D eigenvalue weighted by molar-refractivity contribution is -0.117. The molecular weight excluding hydrogens is 264 g/mol. The number of morpholine rings is 1. The molecule has 1 unspecified atom stereocenters. The Morgan fingerprint density at radius 3 is 2.57 bits per heavy atom. The van der Waals surface area contributed by atoms with E-state index in [0.29, 0.717) is 0 Å². The van der Waals surface area contributed by atoms with Gasteiger partial charge in [-0.1, -0.05) is 35.9 Å². The standard InChI is InChI=1S/C17H24N2O2/c1-14(2)12-17(20)18-16(15-6-4-3-5-7-15)13-19-8-10-21-11-9-19/h3-7,12,16H,8-11,13H2,1-2H3,(H,18,20). The Bertz CT molecular complexity index is 475. The molecule has 114 valence electrons. The van der Waals surface area contributed by atoms with E-state index in [2.05, 4.69) is 22.3 Å². The Kier molecular flexibility index (Phi) is 5.96. The zero-order valence-electron chi connectivity index (χ0n) is 12.8. The molecule has 1 aliphatic heterocycles. The number of allylic oxidation sites excluding steroid dienone is 1. The van der Waals surface area contributed by atoms with Crippen LogP contribution < -0.4 is 5.32 Å². The topological polar surface area (TPSA) is 41.6 Å². The van der Waals surface area contributed by atoms with Crippen molar-refractivity contribution in [2.45, 2.75) is 19.9 Å².